The molecule has 29 heavy (non-hydrogen) atoms. The molecule has 0 atom stereocenters. The molecule has 1 fully saturated rings. The van der Waals surface area contributed by atoms with Gasteiger partial charge in [0.25, 0.3) is 0 Å². The summed E-state index contributed by atoms with van der Waals surface area (Å²) in [5, 5.41) is 15.7. The highest BCUT2D eigenvalue weighted by Gasteiger charge is 2.19. The van der Waals surface area contributed by atoms with Crippen LogP contribution in [-0.4, -0.2) is 33.3 Å². The highest BCUT2D eigenvalue weighted by Crippen LogP contribution is 2.36. The minimum absolute atomic E-state index is 0.525. The van der Waals surface area contributed by atoms with Gasteiger partial charge in [-0.1, -0.05) is 18.2 Å². The van der Waals surface area contributed by atoms with Crippen molar-refractivity contribution in [2.45, 2.75) is 18.8 Å². The van der Waals surface area contributed by atoms with Crippen molar-refractivity contribution in [3.63, 3.8) is 0 Å². The number of hydrogen-bond acceptors (Lipinski definition) is 4. The first-order valence-electron chi connectivity index (χ1n) is 10.1. The van der Waals surface area contributed by atoms with Crippen LogP contribution in [0, 0.1) is 0 Å². The quantitative estimate of drug-likeness (QED) is 0.385. The topological polar surface area (TPSA) is 69.4 Å². The average Bonchev–Trinajstić information content (AvgIpc) is 3.52. The lowest BCUT2D eigenvalue weighted by Gasteiger charge is -2.22. The van der Waals surface area contributed by atoms with E-state index in [0.29, 0.717) is 5.92 Å². The normalized spacial score (nSPS) is 15.4. The Morgan fingerprint density at radius 1 is 0.966 bits per heavy atom. The van der Waals surface area contributed by atoms with E-state index in [1.54, 1.807) is 11.3 Å². The lowest BCUT2D eigenvalue weighted by molar-refractivity contribution is 0.453. The largest absolute Gasteiger partial charge is 0.353 e. The Bertz CT molecular complexity index is 1290. The number of aromatic nitrogens is 4. The average molecular weight is 400 g/mol. The number of H-pyrrole nitrogens is 2. The van der Waals surface area contributed by atoms with Gasteiger partial charge in [0.2, 0.25) is 0 Å². The highest BCUT2D eigenvalue weighted by atomic mass is 32.1. The number of fused-ring (bicyclic) bond motifs is 2. The van der Waals surface area contributed by atoms with E-state index in [1.165, 1.54) is 21.5 Å². The molecule has 1 aliphatic rings. The van der Waals surface area contributed by atoms with Crippen molar-refractivity contribution in [1.82, 2.24) is 25.5 Å². The minimum atomic E-state index is 0.525. The van der Waals surface area contributed by atoms with Crippen LogP contribution in [0.15, 0.2) is 54.0 Å². The molecule has 0 bridgehead atoms. The molecule has 0 amide bonds. The van der Waals surface area contributed by atoms with Crippen LogP contribution in [-0.2, 0) is 0 Å². The molecule has 6 rings (SSSR count). The van der Waals surface area contributed by atoms with E-state index in [9.17, 15) is 0 Å². The third-order valence-corrected chi connectivity index (χ3v) is 6.83. The molecule has 1 saturated heterocycles. The summed E-state index contributed by atoms with van der Waals surface area (Å²) >= 11 is 1.77. The van der Waals surface area contributed by atoms with Gasteiger partial charge in [0, 0.05) is 38.3 Å². The van der Waals surface area contributed by atoms with E-state index in [4.69, 9.17) is 4.98 Å². The number of rotatable bonds is 3. The van der Waals surface area contributed by atoms with Crippen LogP contribution in [0.2, 0.25) is 0 Å². The lowest BCUT2D eigenvalue weighted by atomic mass is 9.93. The van der Waals surface area contributed by atoms with Crippen LogP contribution in [0.3, 0.4) is 0 Å². The molecule has 144 valence electrons. The maximum atomic E-state index is 4.72. The van der Waals surface area contributed by atoms with Crippen molar-refractivity contribution >= 4 is 33.1 Å². The molecule has 6 heteroatoms. The molecule has 0 radical (unpaired) electrons. The molecular weight excluding hydrogens is 378 g/mol. The van der Waals surface area contributed by atoms with E-state index in [-0.39, 0.29) is 0 Å². The third-order valence-electron chi connectivity index (χ3n) is 5.93. The second-order valence-corrected chi connectivity index (χ2v) is 8.63. The Morgan fingerprint density at radius 3 is 2.76 bits per heavy atom. The smallest absolute Gasteiger partial charge is 0.116 e. The predicted octanol–water partition coefficient (Wildman–Crippen LogP) is 5.30. The van der Waals surface area contributed by atoms with Gasteiger partial charge in [-0.2, -0.15) is 5.10 Å². The van der Waals surface area contributed by atoms with Crippen LogP contribution >= 0.6 is 11.3 Å². The van der Waals surface area contributed by atoms with Gasteiger partial charge in [0.05, 0.1) is 17.4 Å². The fraction of sp³-hybridized carbons (Fsp3) is 0.217. The zero-order valence-corrected chi connectivity index (χ0v) is 16.7. The molecule has 0 aliphatic carbocycles. The number of aromatic amines is 2. The second kappa shape index (κ2) is 6.83. The van der Waals surface area contributed by atoms with Crippen LogP contribution in [0.5, 0.6) is 0 Å². The maximum Gasteiger partial charge on any atom is 0.116 e. The van der Waals surface area contributed by atoms with Crippen molar-refractivity contribution in [2.24, 2.45) is 0 Å². The minimum Gasteiger partial charge on any atom is -0.353 e. The van der Waals surface area contributed by atoms with Gasteiger partial charge in [-0.05, 0) is 55.6 Å². The number of thiophene rings is 1. The monoisotopic (exact) mass is 399 g/mol. The molecule has 3 N–H and O–H groups in total. The molecule has 5 aromatic rings. The van der Waals surface area contributed by atoms with Gasteiger partial charge in [-0.3, -0.25) is 10.1 Å². The zero-order chi connectivity index (χ0) is 19.2. The van der Waals surface area contributed by atoms with Crippen molar-refractivity contribution in [2.75, 3.05) is 13.1 Å². The summed E-state index contributed by atoms with van der Waals surface area (Å²) in [6.45, 7) is 2.13. The molecule has 1 aliphatic heterocycles. The maximum absolute atomic E-state index is 4.72. The number of nitrogens with one attached hydrogen (secondary N) is 3. The Hall–Kier alpha value is -2.96. The summed E-state index contributed by atoms with van der Waals surface area (Å²) in [6.07, 6.45) is 4.22. The molecule has 0 saturated carbocycles. The number of hydrogen-bond donors (Lipinski definition) is 3. The molecule has 1 aromatic carbocycles. The summed E-state index contributed by atoms with van der Waals surface area (Å²) in [5.74, 6) is 0.525. The number of piperidine rings is 1. The summed E-state index contributed by atoms with van der Waals surface area (Å²) in [7, 11) is 0. The first-order chi connectivity index (χ1) is 14.4. The van der Waals surface area contributed by atoms with Crippen molar-refractivity contribution in [3.8, 4) is 21.8 Å². The summed E-state index contributed by atoms with van der Waals surface area (Å²) < 4.78 is 0. The van der Waals surface area contributed by atoms with Crippen molar-refractivity contribution < 1.29 is 0 Å². The first-order valence-corrected chi connectivity index (χ1v) is 11.0. The third kappa shape index (κ3) is 2.87. The summed E-state index contributed by atoms with van der Waals surface area (Å²) in [6, 6.07) is 15.2. The van der Waals surface area contributed by atoms with Crippen molar-refractivity contribution in [3.05, 3.63) is 59.7 Å². The molecule has 5 heterocycles. The number of nitrogens with zero attached hydrogens (tertiary/aromatic N) is 2. The second-order valence-electron chi connectivity index (χ2n) is 7.68. The van der Waals surface area contributed by atoms with Crippen LogP contribution in [0.1, 0.15) is 24.5 Å². The molecule has 0 spiro atoms. The van der Waals surface area contributed by atoms with Gasteiger partial charge in [-0.15, -0.1) is 11.3 Å². The van der Waals surface area contributed by atoms with Crippen molar-refractivity contribution in [1.29, 1.82) is 0 Å². The molecular formula is C23H21N5S. The molecule has 5 nitrogen and oxygen atoms in total. The van der Waals surface area contributed by atoms with E-state index in [0.717, 1.165) is 53.7 Å². The van der Waals surface area contributed by atoms with E-state index >= 15 is 0 Å². The summed E-state index contributed by atoms with van der Waals surface area (Å²) in [5.41, 5.74) is 6.56. The predicted molar refractivity (Wildman–Crippen MR) is 119 cm³/mol. The summed E-state index contributed by atoms with van der Waals surface area (Å²) in [4.78, 5) is 9.59. The first kappa shape index (κ1) is 16.9. The highest BCUT2D eigenvalue weighted by molar-refractivity contribution is 7.13. The van der Waals surface area contributed by atoms with Crippen LogP contribution < -0.4 is 5.32 Å². The van der Waals surface area contributed by atoms with Gasteiger partial charge >= 0.3 is 0 Å². The lowest BCUT2D eigenvalue weighted by Crippen LogP contribution is -2.27. The Balaban J connectivity index is 1.48. The molecule has 4 aromatic heterocycles. The van der Waals surface area contributed by atoms with Crippen LogP contribution in [0.4, 0.5) is 0 Å². The van der Waals surface area contributed by atoms with Crippen LogP contribution in [0.25, 0.3) is 43.6 Å². The zero-order valence-electron chi connectivity index (χ0n) is 15.9. The molecule has 0 unspecified atom stereocenters. The fourth-order valence-electron chi connectivity index (χ4n) is 4.41. The van der Waals surface area contributed by atoms with Gasteiger partial charge < -0.3 is 10.3 Å². The Morgan fingerprint density at radius 2 is 1.90 bits per heavy atom. The van der Waals surface area contributed by atoms with Gasteiger partial charge in [0.1, 0.15) is 5.69 Å². The number of pyridine rings is 1. The standard InChI is InChI=1S/C23H21N5S/c1-3-15(22-5-2-10-29-22)16-11-20(26-18(16)4-1)23-17-12-19(14-6-8-24-9-7-14)25-13-21(17)27-28-23/h1-5,10-14,24,26H,6-9H2,(H,27,28). The van der Waals surface area contributed by atoms with Gasteiger partial charge in [0.15, 0.2) is 0 Å². The Labute approximate surface area is 172 Å². The van der Waals surface area contributed by atoms with E-state index in [2.05, 4.69) is 68.3 Å². The van der Waals surface area contributed by atoms with E-state index in [1.807, 2.05) is 6.20 Å². The fourth-order valence-corrected chi connectivity index (χ4v) is 5.17. The van der Waals surface area contributed by atoms with Gasteiger partial charge in [-0.25, -0.2) is 0 Å². The SMILES string of the molecule is c1csc(-c2cccc3[nH]c(-c4n[nH]c5cnc(C6CCNCC6)cc45)cc23)c1. The Kier molecular flexibility index (Phi) is 3.99. The number of benzene rings is 1. The van der Waals surface area contributed by atoms with E-state index < -0.39 is 0 Å².